The van der Waals surface area contributed by atoms with Crippen LogP contribution in [-0.4, -0.2) is 49.1 Å². The topological polar surface area (TPSA) is 92.5 Å². The summed E-state index contributed by atoms with van der Waals surface area (Å²) in [5, 5.41) is -0.0180. The molecule has 1 atom stereocenters. The molecule has 2 aromatic rings. The summed E-state index contributed by atoms with van der Waals surface area (Å²) in [5.41, 5.74) is -0.436. The fraction of sp³-hybridized carbons (Fsp3) is 0.636. The van der Waals surface area contributed by atoms with E-state index in [1.165, 1.54) is 13.3 Å². The van der Waals surface area contributed by atoms with Crippen LogP contribution in [0.5, 0.6) is 5.88 Å². The summed E-state index contributed by atoms with van der Waals surface area (Å²) in [6.07, 6.45) is 1.49. The van der Waals surface area contributed by atoms with Crippen LogP contribution in [0.3, 0.4) is 0 Å². The van der Waals surface area contributed by atoms with E-state index >= 15 is 0 Å². The van der Waals surface area contributed by atoms with Crippen molar-refractivity contribution in [2.45, 2.75) is 65.7 Å². The molecule has 0 radical (unpaired) electrons. The van der Waals surface area contributed by atoms with Crippen molar-refractivity contribution in [3.05, 3.63) is 27.1 Å². The summed E-state index contributed by atoms with van der Waals surface area (Å²) in [6.45, 7) is 17.2. The molecule has 0 N–H and O–H groups in total. The zero-order chi connectivity index (χ0) is 24.4. The number of ether oxygens (including phenoxy) is 2. The van der Waals surface area contributed by atoms with Gasteiger partial charge in [0.15, 0.2) is 24.6 Å². The highest BCUT2D eigenvalue weighted by Gasteiger charge is 2.38. The summed E-state index contributed by atoms with van der Waals surface area (Å²) >= 11 is 6.15. The number of hydrogen-bond acceptors (Lipinski definition) is 7. The van der Waals surface area contributed by atoms with E-state index in [-0.39, 0.29) is 51.4 Å². The normalized spacial score (nSPS) is 13.5. The van der Waals surface area contributed by atoms with Gasteiger partial charge in [0.05, 0.1) is 26.4 Å². The minimum atomic E-state index is -2.05. The molecule has 178 valence electrons. The van der Waals surface area contributed by atoms with Gasteiger partial charge in [0.1, 0.15) is 5.56 Å². The van der Waals surface area contributed by atoms with Crippen molar-refractivity contribution >= 4 is 37.1 Å². The van der Waals surface area contributed by atoms with E-state index in [1.54, 1.807) is 11.5 Å². The lowest BCUT2D eigenvalue weighted by molar-refractivity contribution is 0.0523. The van der Waals surface area contributed by atoms with Gasteiger partial charge in [-0.05, 0) is 31.0 Å². The molecule has 8 nitrogen and oxygen atoms in total. The Kier molecular flexibility index (Phi) is 8.12. The van der Waals surface area contributed by atoms with Gasteiger partial charge in [-0.2, -0.15) is 4.98 Å². The highest BCUT2D eigenvalue weighted by atomic mass is 35.5. The van der Waals surface area contributed by atoms with Gasteiger partial charge in [-0.15, -0.1) is 0 Å². The van der Waals surface area contributed by atoms with Crippen LogP contribution in [0.25, 0.3) is 11.2 Å². The van der Waals surface area contributed by atoms with Crippen molar-refractivity contribution < 1.29 is 18.7 Å². The number of methoxy groups -OCH3 is 1. The first-order valence-electron chi connectivity index (χ1n) is 10.7. The van der Waals surface area contributed by atoms with Crippen molar-refractivity contribution in [2.24, 2.45) is 5.92 Å². The molecule has 2 aromatic heterocycles. The summed E-state index contributed by atoms with van der Waals surface area (Å²) in [5.74, 6) is -0.511. The molecule has 0 unspecified atom stereocenters. The van der Waals surface area contributed by atoms with Crippen LogP contribution < -0.4 is 10.2 Å². The molecular formula is C22H34ClN3O5Si. The highest BCUT2D eigenvalue weighted by Crippen LogP contribution is 2.37. The average Bonchev–Trinajstić information content (AvgIpc) is 2.68. The minimum absolute atomic E-state index is 0.0145. The van der Waals surface area contributed by atoms with Crippen LogP contribution in [0, 0.1) is 5.92 Å². The lowest BCUT2D eigenvalue weighted by Gasteiger charge is -2.38. The zero-order valence-electron chi connectivity index (χ0n) is 20.4. The Bertz CT molecular complexity index is 1050. The number of carbonyl (C=O) groups is 1. The molecule has 0 bridgehead atoms. The number of rotatable bonds is 8. The quantitative estimate of drug-likeness (QED) is 0.391. The predicted molar refractivity (Wildman–Crippen MR) is 128 cm³/mol. The first kappa shape index (κ1) is 26.3. The van der Waals surface area contributed by atoms with Crippen molar-refractivity contribution in [1.82, 2.24) is 14.5 Å². The lowest BCUT2D eigenvalue weighted by Crippen LogP contribution is -2.42. The second-order valence-corrected chi connectivity index (χ2v) is 14.7. The Balaban J connectivity index is 2.74. The largest absolute Gasteiger partial charge is 0.479 e. The van der Waals surface area contributed by atoms with Crippen LogP contribution in [0.4, 0.5) is 0 Å². The van der Waals surface area contributed by atoms with E-state index < -0.39 is 19.7 Å². The molecule has 0 aliphatic heterocycles. The number of fused-ring (bicyclic) bond motifs is 1. The molecule has 0 aromatic carbocycles. The molecule has 0 saturated carbocycles. The van der Waals surface area contributed by atoms with Crippen molar-refractivity contribution in [3.63, 3.8) is 0 Å². The second kappa shape index (κ2) is 9.89. The number of carbonyl (C=O) groups excluding carboxylic acids is 1. The predicted octanol–water partition coefficient (Wildman–Crippen LogP) is 4.85. The zero-order valence-corrected chi connectivity index (χ0v) is 22.2. The molecule has 2 rings (SSSR count). The Morgan fingerprint density at radius 3 is 2.38 bits per heavy atom. The van der Waals surface area contributed by atoms with E-state index in [1.807, 2.05) is 13.8 Å². The fourth-order valence-electron chi connectivity index (χ4n) is 2.95. The number of halogens is 1. The molecule has 0 spiro atoms. The highest BCUT2D eigenvalue weighted by molar-refractivity contribution is 6.74. The third-order valence-corrected chi connectivity index (χ3v) is 10.8. The molecule has 0 saturated heterocycles. The van der Waals surface area contributed by atoms with Gasteiger partial charge in [-0.1, -0.05) is 46.2 Å². The Morgan fingerprint density at radius 1 is 1.25 bits per heavy atom. The molecule has 0 aliphatic carbocycles. The van der Waals surface area contributed by atoms with Gasteiger partial charge in [0.25, 0.3) is 5.88 Å². The number of hydrogen-bond donors (Lipinski definition) is 0. The molecule has 0 fully saturated rings. The summed E-state index contributed by atoms with van der Waals surface area (Å²) in [6, 6.07) is -0.222. The van der Waals surface area contributed by atoms with Gasteiger partial charge < -0.3 is 18.5 Å². The minimum Gasteiger partial charge on any atom is -0.479 e. The van der Waals surface area contributed by atoms with Gasteiger partial charge in [-0.3, -0.25) is 4.79 Å². The number of aromatic nitrogens is 3. The maximum absolute atomic E-state index is 13.0. The summed E-state index contributed by atoms with van der Waals surface area (Å²) in [4.78, 5) is 34.2. The van der Waals surface area contributed by atoms with E-state index in [2.05, 4.69) is 43.8 Å². The molecule has 2 heterocycles. The smallest absolute Gasteiger partial charge is 0.343 e. The van der Waals surface area contributed by atoms with Gasteiger partial charge in [0.2, 0.25) is 5.43 Å². The standard InChI is InChI=1S/C22H34ClN3O5Si/c1-10-30-21(28)14-11-26(15(13(2)3)12-31-32(8,9)22(4,5)6)19-16(17(14)27)24-18(23)20(25-19)29-7/h11,13,15H,10,12H2,1-9H3/t15-/m1/s1. The van der Waals surface area contributed by atoms with Crippen LogP contribution in [0.2, 0.25) is 23.3 Å². The molecule has 0 amide bonds. The lowest BCUT2D eigenvalue weighted by atomic mass is 10.0. The van der Waals surface area contributed by atoms with Gasteiger partial charge in [-0.25, -0.2) is 9.78 Å². The van der Waals surface area contributed by atoms with E-state index in [0.29, 0.717) is 6.61 Å². The third kappa shape index (κ3) is 5.32. The van der Waals surface area contributed by atoms with Crippen molar-refractivity contribution in [2.75, 3.05) is 20.3 Å². The van der Waals surface area contributed by atoms with Crippen LogP contribution in [0.15, 0.2) is 11.0 Å². The Hall–Kier alpha value is -1.97. The first-order chi connectivity index (χ1) is 14.7. The van der Waals surface area contributed by atoms with E-state index in [9.17, 15) is 9.59 Å². The number of esters is 1. The second-order valence-electron chi connectivity index (χ2n) is 9.58. The number of nitrogens with zero attached hydrogens (tertiary/aromatic N) is 3. The SMILES string of the molecule is CCOC(=O)c1cn([C@H](CO[Si](C)(C)C(C)(C)C)C(C)C)c2nc(OC)c(Cl)nc2c1=O. The number of pyridine rings is 1. The Morgan fingerprint density at radius 2 is 1.88 bits per heavy atom. The van der Waals surface area contributed by atoms with Crippen LogP contribution in [-0.2, 0) is 9.16 Å². The third-order valence-electron chi connectivity index (χ3n) is 6.01. The molecule has 32 heavy (non-hydrogen) atoms. The fourth-order valence-corrected chi connectivity index (χ4v) is 4.18. The van der Waals surface area contributed by atoms with E-state index in [4.69, 9.17) is 25.5 Å². The summed E-state index contributed by atoms with van der Waals surface area (Å²) < 4.78 is 18.6. The Labute approximate surface area is 195 Å². The molecule has 10 heteroatoms. The van der Waals surface area contributed by atoms with Crippen LogP contribution >= 0.6 is 11.6 Å². The molecule has 0 aliphatic rings. The van der Waals surface area contributed by atoms with Crippen LogP contribution in [0.1, 0.15) is 57.9 Å². The monoisotopic (exact) mass is 483 g/mol. The maximum atomic E-state index is 13.0. The average molecular weight is 484 g/mol. The van der Waals surface area contributed by atoms with E-state index in [0.717, 1.165) is 0 Å². The van der Waals surface area contributed by atoms with Crippen molar-refractivity contribution in [3.8, 4) is 5.88 Å². The molecular weight excluding hydrogens is 450 g/mol. The first-order valence-corrected chi connectivity index (χ1v) is 14.0. The van der Waals surface area contributed by atoms with Gasteiger partial charge in [0, 0.05) is 6.20 Å². The van der Waals surface area contributed by atoms with Gasteiger partial charge >= 0.3 is 5.97 Å². The summed E-state index contributed by atoms with van der Waals surface area (Å²) in [7, 11) is -0.620. The maximum Gasteiger partial charge on any atom is 0.343 e. The van der Waals surface area contributed by atoms with Crippen molar-refractivity contribution in [1.29, 1.82) is 0 Å².